The fourth-order valence-electron chi connectivity index (χ4n) is 1.91. The first kappa shape index (κ1) is 14.2. The topological polar surface area (TPSA) is 62.3 Å². The molecule has 102 valence electrons. The zero-order valence-electron chi connectivity index (χ0n) is 11.2. The number of hydrogen-bond acceptors (Lipinski definition) is 4. The van der Waals surface area contributed by atoms with Crippen LogP contribution in [0, 0.1) is 11.3 Å². The molecule has 0 aliphatic heterocycles. The van der Waals surface area contributed by atoms with Crippen LogP contribution < -0.4 is 15.4 Å². The number of anilines is 3. The Labute approximate surface area is 126 Å². The van der Waals surface area contributed by atoms with Crippen LogP contribution in [-0.4, -0.2) is 14.2 Å². The molecule has 2 rings (SSSR count). The maximum atomic E-state index is 8.98. The number of ether oxygens (including phenoxy) is 1. The molecule has 2 aromatic carbocycles. The van der Waals surface area contributed by atoms with E-state index in [0.29, 0.717) is 11.3 Å². The average Bonchev–Trinajstić information content (AvgIpc) is 2.47. The Morgan fingerprint density at radius 3 is 2.60 bits per heavy atom. The quantitative estimate of drug-likeness (QED) is 0.871. The van der Waals surface area contributed by atoms with Gasteiger partial charge >= 0.3 is 0 Å². The van der Waals surface area contributed by atoms with Crippen molar-refractivity contribution in [2.24, 2.45) is 0 Å². The normalized spacial score (nSPS) is 9.90. The van der Waals surface area contributed by atoms with Gasteiger partial charge in [0, 0.05) is 12.7 Å². The van der Waals surface area contributed by atoms with E-state index in [1.54, 1.807) is 25.3 Å². The number of nitrogens with two attached hydrogens (primary N) is 1. The summed E-state index contributed by atoms with van der Waals surface area (Å²) in [7, 11) is 3.53. The van der Waals surface area contributed by atoms with E-state index in [1.165, 1.54) is 0 Å². The standard InChI is InChI=1S/C15H14BrN3O/c1-19(11-4-6-15(20-2)12(16)8-11)14-7-10(9-17)3-5-13(14)18/h3-8H,18H2,1-2H3. The van der Waals surface area contributed by atoms with Gasteiger partial charge in [-0.25, -0.2) is 0 Å². The molecule has 0 heterocycles. The average molecular weight is 332 g/mol. The highest BCUT2D eigenvalue weighted by atomic mass is 79.9. The first-order valence-corrected chi connectivity index (χ1v) is 6.73. The second-order valence-electron chi connectivity index (χ2n) is 4.26. The lowest BCUT2D eigenvalue weighted by molar-refractivity contribution is 0.412. The summed E-state index contributed by atoms with van der Waals surface area (Å²) in [4.78, 5) is 1.93. The second kappa shape index (κ2) is 5.85. The second-order valence-corrected chi connectivity index (χ2v) is 5.12. The Balaban J connectivity index is 2.43. The first-order chi connectivity index (χ1) is 9.56. The minimum Gasteiger partial charge on any atom is -0.496 e. The van der Waals surface area contributed by atoms with E-state index < -0.39 is 0 Å². The Bertz CT molecular complexity index is 679. The van der Waals surface area contributed by atoms with Crippen molar-refractivity contribution in [1.29, 1.82) is 5.26 Å². The third-order valence-electron chi connectivity index (χ3n) is 3.04. The molecule has 2 aromatic rings. The number of halogens is 1. The minimum absolute atomic E-state index is 0.577. The summed E-state index contributed by atoms with van der Waals surface area (Å²) >= 11 is 3.46. The van der Waals surface area contributed by atoms with Crippen LogP contribution in [0.1, 0.15) is 5.56 Å². The van der Waals surface area contributed by atoms with Gasteiger partial charge in [0.05, 0.1) is 34.6 Å². The molecule has 0 amide bonds. The smallest absolute Gasteiger partial charge is 0.133 e. The zero-order chi connectivity index (χ0) is 14.7. The highest BCUT2D eigenvalue weighted by Gasteiger charge is 2.10. The number of hydrogen-bond donors (Lipinski definition) is 1. The lowest BCUT2D eigenvalue weighted by Crippen LogP contribution is -2.12. The van der Waals surface area contributed by atoms with Gasteiger partial charge in [0.25, 0.3) is 0 Å². The summed E-state index contributed by atoms with van der Waals surface area (Å²) in [6.07, 6.45) is 0. The van der Waals surface area contributed by atoms with Crippen molar-refractivity contribution in [2.45, 2.75) is 0 Å². The van der Waals surface area contributed by atoms with Gasteiger partial charge in [-0.1, -0.05) is 0 Å². The lowest BCUT2D eigenvalue weighted by atomic mass is 10.1. The molecule has 0 spiro atoms. The molecule has 4 nitrogen and oxygen atoms in total. The summed E-state index contributed by atoms with van der Waals surface area (Å²) in [6, 6.07) is 13.1. The highest BCUT2D eigenvalue weighted by molar-refractivity contribution is 9.10. The number of benzene rings is 2. The van der Waals surface area contributed by atoms with E-state index in [4.69, 9.17) is 15.7 Å². The SMILES string of the molecule is COc1ccc(N(C)c2cc(C#N)ccc2N)cc1Br. The molecule has 0 bridgehead atoms. The van der Waals surface area contributed by atoms with Gasteiger partial charge in [-0.2, -0.15) is 5.26 Å². The minimum atomic E-state index is 0.577. The zero-order valence-corrected chi connectivity index (χ0v) is 12.8. The fraction of sp³-hybridized carbons (Fsp3) is 0.133. The van der Waals surface area contributed by atoms with Crippen molar-refractivity contribution in [2.75, 3.05) is 24.8 Å². The van der Waals surface area contributed by atoms with Gasteiger partial charge in [-0.3, -0.25) is 0 Å². The van der Waals surface area contributed by atoms with Crippen molar-refractivity contribution >= 4 is 33.0 Å². The maximum Gasteiger partial charge on any atom is 0.133 e. The first-order valence-electron chi connectivity index (χ1n) is 5.93. The molecule has 0 aliphatic carbocycles. The van der Waals surface area contributed by atoms with Gasteiger partial charge in [0.15, 0.2) is 0 Å². The van der Waals surface area contributed by atoms with E-state index in [-0.39, 0.29) is 0 Å². The predicted molar refractivity (Wildman–Crippen MR) is 84.3 cm³/mol. The van der Waals surface area contributed by atoms with Crippen molar-refractivity contribution in [3.05, 3.63) is 46.4 Å². The Morgan fingerprint density at radius 2 is 2.00 bits per heavy atom. The van der Waals surface area contributed by atoms with Crippen LogP contribution in [0.2, 0.25) is 0 Å². The lowest BCUT2D eigenvalue weighted by Gasteiger charge is -2.22. The van der Waals surface area contributed by atoms with Crippen molar-refractivity contribution < 1.29 is 4.74 Å². The van der Waals surface area contributed by atoms with Gasteiger partial charge in [0.2, 0.25) is 0 Å². The Kier molecular flexibility index (Phi) is 4.16. The number of methoxy groups -OCH3 is 1. The van der Waals surface area contributed by atoms with E-state index in [2.05, 4.69) is 22.0 Å². The van der Waals surface area contributed by atoms with Gasteiger partial charge in [0.1, 0.15) is 5.75 Å². The third-order valence-corrected chi connectivity index (χ3v) is 3.66. The molecular weight excluding hydrogens is 318 g/mol. The number of nitriles is 1. The maximum absolute atomic E-state index is 8.98. The summed E-state index contributed by atoms with van der Waals surface area (Å²) < 4.78 is 6.07. The molecule has 0 unspecified atom stereocenters. The molecule has 0 saturated heterocycles. The summed E-state index contributed by atoms with van der Waals surface area (Å²) in [5.41, 5.74) is 8.93. The molecule has 5 heteroatoms. The van der Waals surface area contributed by atoms with E-state index >= 15 is 0 Å². The van der Waals surface area contributed by atoms with Crippen LogP contribution in [-0.2, 0) is 0 Å². The summed E-state index contributed by atoms with van der Waals surface area (Å²) in [6.45, 7) is 0. The molecule has 20 heavy (non-hydrogen) atoms. The van der Waals surface area contributed by atoms with Crippen LogP contribution in [0.5, 0.6) is 5.75 Å². The number of rotatable bonds is 3. The van der Waals surface area contributed by atoms with Crippen molar-refractivity contribution in [3.8, 4) is 11.8 Å². The van der Waals surface area contributed by atoms with Crippen LogP contribution in [0.15, 0.2) is 40.9 Å². The van der Waals surface area contributed by atoms with Gasteiger partial charge in [-0.15, -0.1) is 0 Å². The Morgan fingerprint density at radius 1 is 1.25 bits per heavy atom. The number of nitrogen functional groups attached to an aromatic ring is 1. The summed E-state index contributed by atoms with van der Waals surface area (Å²) in [5, 5.41) is 8.98. The molecule has 2 N–H and O–H groups in total. The molecule has 0 aromatic heterocycles. The molecular formula is C15H14BrN3O. The Hall–Kier alpha value is -2.19. The van der Waals surface area contributed by atoms with Gasteiger partial charge in [-0.05, 0) is 52.3 Å². The molecule has 0 fully saturated rings. The van der Waals surface area contributed by atoms with Crippen LogP contribution >= 0.6 is 15.9 Å². The third kappa shape index (κ3) is 2.70. The molecule has 0 aliphatic rings. The van der Waals surface area contributed by atoms with E-state index in [0.717, 1.165) is 21.6 Å². The summed E-state index contributed by atoms with van der Waals surface area (Å²) in [5.74, 6) is 0.765. The van der Waals surface area contributed by atoms with Gasteiger partial charge < -0.3 is 15.4 Å². The molecule has 0 radical (unpaired) electrons. The largest absolute Gasteiger partial charge is 0.496 e. The number of nitrogens with zero attached hydrogens (tertiary/aromatic N) is 2. The van der Waals surface area contributed by atoms with Crippen molar-refractivity contribution in [3.63, 3.8) is 0 Å². The van der Waals surface area contributed by atoms with E-state index in [1.807, 2.05) is 30.1 Å². The van der Waals surface area contributed by atoms with Crippen LogP contribution in [0.4, 0.5) is 17.1 Å². The molecule has 0 atom stereocenters. The fourth-order valence-corrected chi connectivity index (χ4v) is 2.44. The van der Waals surface area contributed by atoms with Crippen LogP contribution in [0.25, 0.3) is 0 Å². The van der Waals surface area contributed by atoms with Crippen molar-refractivity contribution in [1.82, 2.24) is 0 Å². The monoisotopic (exact) mass is 331 g/mol. The molecule has 0 saturated carbocycles. The van der Waals surface area contributed by atoms with E-state index in [9.17, 15) is 0 Å². The van der Waals surface area contributed by atoms with Crippen LogP contribution in [0.3, 0.4) is 0 Å². The predicted octanol–water partition coefficient (Wildman–Crippen LogP) is 3.68. The highest BCUT2D eigenvalue weighted by Crippen LogP contribution is 2.34.